The standard InChI is InChI=1S/C23H29N5O/c1-18-16-19-6-2-5-9-22(19)28(18)23(29)17-27-14-12-26(13-15-27)11-10-25-21-8-4-3-7-20(21)24/h2-10,18H,11-17,24H2,1H3/b25-10+. The van der Waals surface area contributed by atoms with Crippen molar-refractivity contribution >= 4 is 29.2 Å². The van der Waals surface area contributed by atoms with Crippen molar-refractivity contribution in [2.75, 3.05) is 49.9 Å². The van der Waals surface area contributed by atoms with Crippen LogP contribution in [0, 0.1) is 0 Å². The van der Waals surface area contributed by atoms with Gasteiger partial charge in [0.15, 0.2) is 0 Å². The normalized spacial score (nSPS) is 20.3. The van der Waals surface area contributed by atoms with Crippen LogP contribution in [0.2, 0.25) is 0 Å². The fourth-order valence-corrected chi connectivity index (χ4v) is 4.20. The molecule has 0 saturated carbocycles. The third kappa shape index (κ3) is 4.49. The molecule has 1 atom stereocenters. The van der Waals surface area contributed by atoms with Gasteiger partial charge in [-0.2, -0.15) is 0 Å². The summed E-state index contributed by atoms with van der Waals surface area (Å²) < 4.78 is 0. The van der Waals surface area contributed by atoms with Crippen molar-refractivity contribution in [1.82, 2.24) is 9.80 Å². The van der Waals surface area contributed by atoms with E-state index >= 15 is 0 Å². The van der Waals surface area contributed by atoms with Gasteiger partial charge >= 0.3 is 0 Å². The number of nitrogens with zero attached hydrogens (tertiary/aromatic N) is 4. The van der Waals surface area contributed by atoms with E-state index in [1.807, 2.05) is 47.5 Å². The van der Waals surface area contributed by atoms with Crippen LogP contribution in [-0.4, -0.2) is 67.2 Å². The molecule has 0 aliphatic carbocycles. The quantitative estimate of drug-likeness (QED) is 0.628. The van der Waals surface area contributed by atoms with Crippen molar-refractivity contribution in [1.29, 1.82) is 0 Å². The number of amides is 1. The fourth-order valence-electron chi connectivity index (χ4n) is 4.20. The van der Waals surface area contributed by atoms with Crippen LogP contribution in [0.3, 0.4) is 0 Å². The van der Waals surface area contributed by atoms with Crippen LogP contribution in [0.1, 0.15) is 12.5 Å². The summed E-state index contributed by atoms with van der Waals surface area (Å²) in [5.74, 6) is 0.206. The second-order valence-electron chi connectivity index (χ2n) is 7.89. The zero-order valence-electron chi connectivity index (χ0n) is 17.0. The van der Waals surface area contributed by atoms with Gasteiger partial charge in [-0.05, 0) is 37.1 Å². The number of hydrogen-bond donors (Lipinski definition) is 1. The van der Waals surface area contributed by atoms with Crippen molar-refractivity contribution in [3.05, 3.63) is 54.1 Å². The van der Waals surface area contributed by atoms with Crippen molar-refractivity contribution in [3.63, 3.8) is 0 Å². The zero-order chi connectivity index (χ0) is 20.2. The molecular weight excluding hydrogens is 362 g/mol. The predicted molar refractivity (Wildman–Crippen MR) is 119 cm³/mol. The van der Waals surface area contributed by atoms with Crippen LogP contribution in [-0.2, 0) is 11.2 Å². The summed E-state index contributed by atoms with van der Waals surface area (Å²) in [5, 5.41) is 0. The molecule has 1 fully saturated rings. The van der Waals surface area contributed by atoms with E-state index in [-0.39, 0.29) is 11.9 Å². The predicted octanol–water partition coefficient (Wildman–Crippen LogP) is 2.57. The molecule has 2 aromatic rings. The molecule has 0 bridgehead atoms. The minimum atomic E-state index is 0.206. The van der Waals surface area contributed by atoms with Gasteiger partial charge < -0.3 is 10.6 Å². The maximum atomic E-state index is 13.0. The molecule has 1 saturated heterocycles. The highest BCUT2D eigenvalue weighted by atomic mass is 16.2. The maximum Gasteiger partial charge on any atom is 0.241 e. The first-order chi connectivity index (χ1) is 14.1. The minimum absolute atomic E-state index is 0.206. The fraction of sp³-hybridized carbons (Fsp3) is 0.391. The van der Waals surface area contributed by atoms with E-state index in [4.69, 9.17) is 5.73 Å². The summed E-state index contributed by atoms with van der Waals surface area (Å²) in [7, 11) is 0. The Kier molecular flexibility index (Phi) is 5.92. The largest absolute Gasteiger partial charge is 0.397 e. The molecule has 6 heteroatoms. The van der Waals surface area contributed by atoms with Crippen LogP contribution in [0.15, 0.2) is 53.5 Å². The first-order valence-corrected chi connectivity index (χ1v) is 10.3. The van der Waals surface area contributed by atoms with Crippen LogP contribution in [0.4, 0.5) is 17.1 Å². The monoisotopic (exact) mass is 391 g/mol. The van der Waals surface area contributed by atoms with Gasteiger partial charge in [0, 0.05) is 50.7 Å². The summed E-state index contributed by atoms with van der Waals surface area (Å²) in [6, 6.07) is 16.1. The number of hydrogen-bond acceptors (Lipinski definition) is 5. The Morgan fingerprint density at radius 1 is 1.07 bits per heavy atom. The Bertz CT molecular complexity index is 888. The number of fused-ring (bicyclic) bond motifs is 1. The van der Waals surface area contributed by atoms with Gasteiger partial charge in [0.1, 0.15) is 0 Å². The lowest BCUT2D eigenvalue weighted by atomic mass is 10.1. The van der Waals surface area contributed by atoms with E-state index in [2.05, 4.69) is 33.8 Å². The van der Waals surface area contributed by atoms with E-state index < -0.39 is 0 Å². The second-order valence-corrected chi connectivity index (χ2v) is 7.89. The Labute approximate surface area is 172 Å². The minimum Gasteiger partial charge on any atom is -0.397 e. The summed E-state index contributed by atoms with van der Waals surface area (Å²) in [6.07, 6.45) is 2.87. The van der Waals surface area contributed by atoms with Gasteiger partial charge in [0.05, 0.1) is 17.9 Å². The van der Waals surface area contributed by atoms with Gasteiger partial charge in [0.2, 0.25) is 5.91 Å². The third-order valence-corrected chi connectivity index (χ3v) is 5.81. The smallest absolute Gasteiger partial charge is 0.241 e. The molecule has 2 aliphatic heterocycles. The highest BCUT2D eigenvalue weighted by molar-refractivity contribution is 5.97. The summed E-state index contributed by atoms with van der Waals surface area (Å²) in [5.41, 5.74) is 9.80. The molecule has 0 aromatic heterocycles. The Morgan fingerprint density at radius 3 is 2.55 bits per heavy atom. The molecule has 152 valence electrons. The van der Waals surface area contributed by atoms with Crippen molar-refractivity contribution in [2.45, 2.75) is 19.4 Å². The van der Waals surface area contributed by atoms with Gasteiger partial charge in [-0.15, -0.1) is 0 Å². The van der Waals surface area contributed by atoms with Gasteiger partial charge in [-0.3, -0.25) is 19.6 Å². The number of benzene rings is 2. The Hall–Kier alpha value is -2.70. The first kappa shape index (κ1) is 19.6. The molecule has 1 amide bonds. The number of carbonyl (C=O) groups is 1. The van der Waals surface area contributed by atoms with Gasteiger partial charge in [0.25, 0.3) is 0 Å². The number of aliphatic imine (C=N–C) groups is 1. The average Bonchev–Trinajstić information content (AvgIpc) is 3.06. The maximum absolute atomic E-state index is 13.0. The van der Waals surface area contributed by atoms with Crippen molar-refractivity contribution < 1.29 is 4.79 Å². The van der Waals surface area contributed by atoms with E-state index in [0.717, 1.165) is 50.5 Å². The zero-order valence-corrected chi connectivity index (χ0v) is 17.0. The van der Waals surface area contributed by atoms with E-state index in [9.17, 15) is 4.79 Å². The average molecular weight is 392 g/mol. The van der Waals surface area contributed by atoms with Crippen molar-refractivity contribution in [3.8, 4) is 0 Å². The number of nitrogen functional groups attached to an aromatic ring is 1. The molecule has 4 rings (SSSR count). The number of carbonyl (C=O) groups excluding carboxylic acids is 1. The lowest BCUT2D eigenvalue weighted by molar-refractivity contribution is -0.120. The van der Waals surface area contributed by atoms with Crippen molar-refractivity contribution in [2.24, 2.45) is 4.99 Å². The summed E-state index contributed by atoms with van der Waals surface area (Å²) >= 11 is 0. The number of anilines is 2. The molecule has 6 nitrogen and oxygen atoms in total. The molecule has 2 aliphatic rings. The highest BCUT2D eigenvalue weighted by Crippen LogP contribution is 2.31. The van der Waals surface area contributed by atoms with Gasteiger partial charge in [-0.1, -0.05) is 30.3 Å². The Morgan fingerprint density at radius 2 is 1.76 bits per heavy atom. The SMILES string of the molecule is CC1Cc2ccccc2N1C(=O)CN1CCN(C/C=N/c2ccccc2N)CC1. The van der Waals surface area contributed by atoms with E-state index in [1.54, 1.807) is 0 Å². The molecule has 2 heterocycles. The molecule has 1 unspecified atom stereocenters. The van der Waals surface area contributed by atoms with Crippen LogP contribution >= 0.6 is 0 Å². The van der Waals surface area contributed by atoms with E-state index in [1.165, 1.54) is 5.56 Å². The molecule has 0 radical (unpaired) electrons. The number of rotatable bonds is 5. The lowest BCUT2D eigenvalue weighted by Gasteiger charge is -2.35. The number of piperazine rings is 1. The molecule has 2 N–H and O–H groups in total. The molecule has 0 spiro atoms. The summed E-state index contributed by atoms with van der Waals surface area (Å²) in [4.78, 5) is 24.1. The van der Waals surface area contributed by atoms with E-state index in [0.29, 0.717) is 12.2 Å². The topological polar surface area (TPSA) is 65.2 Å². The molecule has 29 heavy (non-hydrogen) atoms. The van der Waals surface area contributed by atoms with Crippen LogP contribution < -0.4 is 10.6 Å². The first-order valence-electron chi connectivity index (χ1n) is 10.3. The molecular formula is C23H29N5O. The number of para-hydroxylation sites is 3. The van der Waals surface area contributed by atoms with Gasteiger partial charge in [-0.25, -0.2) is 0 Å². The molecule has 2 aromatic carbocycles. The Balaban J connectivity index is 1.26. The summed E-state index contributed by atoms with van der Waals surface area (Å²) in [6.45, 7) is 7.10. The third-order valence-electron chi connectivity index (χ3n) is 5.81. The van der Waals surface area contributed by atoms with Crippen LogP contribution in [0.25, 0.3) is 0 Å². The second kappa shape index (κ2) is 8.76. The van der Waals surface area contributed by atoms with Crippen LogP contribution in [0.5, 0.6) is 0 Å². The lowest BCUT2D eigenvalue weighted by Crippen LogP contribution is -2.51. The number of nitrogens with two attached hydrogens (primary N) is 1. The highest BCUT2D eigenvalue weighted by Gasteiger charge is 2.31.